The van der Waals surface area contributed by atoms with Crippen molar-refractivity contribution in [1.82, 2.24) is 20.6 Å². The van der Waals surface area contributed by atoms with Crippen LogP contribution in [0.4, 0.5) is 0 Å². The van der Waals surface area contributed by atoms with Crippen molar-refractivity contribution in [3.05, 3.63) is 42.2 Å². The maximum Gasteiger partial charge on any atom is 0.191 e. The molecule has 3 rings (SSSR count). The molecule has 1 aliphatic rings. The van der Waals surface area contributed by atoms with E-state index in [1.807, 2.05) is 18.2 Å². The molecule has 0 unspecified atom stereocenters. The normalized spacial score (nSPS) is 14.8. The smallest absolute Gasteiger partial charge is 0.191 e. The van der Waals surface area contributed by atoms with Gasteiger partial charge < -0.3 is 15.6 Å². The van der Waals surface area contributed by atoms with Crippen LogP contribution in [0.2, 0.25) is 0 Å². The Morgan fingerprint density at radius 2 is 2.08 bits per heavy atom. The number of aliphatic imine (C=N–C) groups is 1. The maximum atomic E-state index is 4.67. The highest BCUT2D eigenvalue weighted by atomic mass is 127. The third-order valence-corrected chi connectivity index (χ3v) is 3.97. The SMILES string of the molecule is CCNC(=NCCCc1nc2ccccc2[nH]1)NC1CC=CC1.I. The zero-order valence-electron chi connectivity index (χ0n) is 14.1. The second kappa shape index (κ2) is 9.66. The molecule has 6 heteroatoms. The summed E-state index contributed by atoms with van der Waals surface area (Å²) in [5.74, 6) is 1.96. The van der Waals surface area contributed by atoms with Crippen LogP contribution in [-0.2, 0) is 6.42 Å². The number of nitrogens with zero attached hydrogens (tertiary/aromatic N) is 2. The number of halogens is 1. The van der Waals surface area contributed by atoms with Gasteiger partial charge in [-0.15, -0.1) is 24.0 Å². The Bertz CT molecular complexity index is 651. The molecule has 2 aromatic rings. The number of benzene rings is 1. The van der Waals surface area contributed by atoms with Crippen LogP contribution in [-0.4, -0.2) is 35.1 Å². The van der Waals surface area contributed by atoms with Gasteiger partial charge in [0.25, 0.3) is 0 Å². The second-order valence-electron chi connectivity index (χ2n) is 5.85. The molecule has 24 heavy (non-hydrogen) atoms. The zero-order chi connectivity index (χ0) is 15.9. The van der Waals surface area contributed by atoms with E-state index in [2.05, 4.69) is 50.7 Å². The van der Waals surface area contributed by atoms with Crippen molar-refractivity contribution in [1.29, 1.82) is 0 Å². The Balaban J connectivity index is 0.00000208. The molecule has 1 aromatic heterocycles. The van der Waals surface area contributed by atoms with Gasteiger partial charge in [0.2, 0.25) is 0 Å². The molecular formula is C18H26IN5. The first-order valence-corrected chi connectivity index (χ1v) is 8.48. The Kier molecular flexibility index (Phi) is 7.55. The maximum absolute atomic E-state index is 4.67. The van der Waals surface area contributed by atoms with Crippen molar-refractivity contribution >= 4 is 41.0 Å². The number of aromatic amines is 1. The lowest BCUT2D eigenvalue weighted by molar-refractivity contribution is 0.632. The molecule has 1 aromatic carbocycles. The van der Waals surface area contributed by atoms with Crippen molar-refractivity contribution in [2.24, 2.45) is 4.99 Å². The number of nitrogens with one attached hydrogen (secondary N) is 3. The summed E-state index contributed by atoms with van der Waals surface area (Å²) in [5.41, 5.74) is 2.14. The third kappa shape index (κ3) is 5.22. The van der Waals surface area contributed by atoms with Gasteiger partial charge in [-0.2, -0.15) is 0 Å². The van der Waals surface area contributed by atoms with Gasteiger partial charge in [0.15, 0.2) is 5.96 Å². The van der Waals surface area contributed by atoms with E-state index < -0.39 is 0 Å². The summed E-state index contributed by atoms with van der Waals surface area (Å²) in [7, 11) is 0. The molecule has 0 amide bonds. The van der Waals surface area contributed by atoms with Crippen molar-refractivity contribution in [3.8, 4) is 0 Å². The zero-order valence-corrected chi connectivity index (χ0v) is 16.4. The molecule has 0 spiro atoms. The highest BCUT2D eigenvalue weighted by Gasteiger charge is 2.11. The van der Waals surface area contributed by atoms with Gasteiger partial charge >= 0.3 is 0 Å². The number of hydrogen-bond donors (Lipinski definition) is 3. The van der Waals surface area contributed by atoms with Gasteiger partial charge in [0, 0.05) is 25.6 Å². The summed E-state index contributed by atoms with van der Waals surface area (Å²) in [4.78, 5) is 12.6. The molecule has 0 atom stereocenters. The van der Waals surface area contributed by atoms with E-state index in [9.17, 15) is 0 Å². The molecule has 0 fully saturated rings. The standard InChI is InChI=1S/C18H25N5.HI/c1-2-19-18(21-14-8-3-4-9-14)20-13-7-12-17-22-15-10-5-6-11-16(15)23-17;/h3-6,10-11,14H,2,7-9,12-13H2,1H3,(H,22,23)(H2,19,20,21);1H. The van der Waals surface area contributed by atoms with Crippen LogP contribution in [0.25, 0.3) is 11.0 Å². The predicted molar refractivity (Wildman–Crippen MR) is 111 cm³/mol. The summed E-state index contributed by atoms with van der Waals surface area (Å²) in [5, 5.41) is 6.81. The van der Waals surface area contributed by atoms with E-state index in [0.29, 0.717) is 6.04 Å². The van der Waals surface area contributed by atoms with Crippen molar-refractivity contribution in [2.45, 2.75) is 38.6 Å². The van der Waals surface area contributed by atoms with Gasteiger partial charge in [-0.25, -0.2) is 4.98 Å². The number of aromatic nitrogens is 2. The molecule has 130 valence electrons. The van der Waals surface area contributed by atoms with E-state index in [-0.39, 0.29) is 24.0 Å². The fourth-order valence-electron chi connectivity index (χ4n) is 2.81. The molecule has 0 saturated carbocycles. The predicted octanol–water partition coefficient (Wildman–Crippen LogP) is 3.39. The van der Waals surface area contributed by atoms with E-state index in [0.717, 1.165) is 61.6 Å². The number of para-hydroxylation sites is 2. The van der Waals surface area contributed by atoms with Crippen LogP contribution in [0.3, 0.4) is 0 Å². The number of hydrogen-bond acceptors (Lipinski definition) is 2. The fraction of sp³-hybridized carbons (Fsp3) is 0.444. The van der Waals surface area contributed by atoms with Gasteiger partial charge in [-0.1, -0.05) is 24.3 Å². The second-order valence-corrected chi connectivity index (χ2v) is 5.85. The first-order chi connectivity index (χ1) is 11.3. The van der Waals surface area contributed by atoms with Gasteiger partial charge in [0.1, 0.15) is 5.82 Å². The van der Waals surface area contributed by atoms with Gasteiger partial charge in [0.05, 0.1) is 11.0 Å². The molecule has 0 bridgehead atoms. The molecule has 5 nitrogen and oxygen atoms in total. The third-order valence-electron chi connectivity index (χ3n) is 3.97. The monoisotopic (exact) mass is 439 g/mol. The van der Waals surface area contributed by atoms with Crippen LogP contribution in [0, 0.1) is 0 Å². The average Bonchev–Trinajstić information content (AvgIpc) is 3.20. The number of imidazole rings is 1. The van der Waals surface area contributed by atoms with E-state index >= 15 is 0 Å². The number of rotatable bonds is 6. The van der Waals surface area contributed by atoms with Crippen LogP contribution < -0.4 is 10.6 Å². The summed E-state index contributed by atoms with van der Waals surface area (Å²) in [6.45, 7) is 3.78. The van der Waals surface area contributed by atoms with Crippen molar-refractivity contribution in [2.75, 3.05) is 13.1 Å². The first kappa shape index (κ1) is 18.8. The minimum atomic E-state index is 0. The highest BCUT2D eigenvalue weighted by Crippen LogP contribution is 2.11. The lowest BCUT2D eigenvalue weighted by Crippen LogP contribution is -2.42. The van der Waals surface area contributed by atoms with E-state index in [1.54, 1.807) is 0 Å². The summed E-state index contributed by atoms with van der Waals surface area (Å²) >= 11 is 0. The summed E-state index contributed by atoms with van der Waals surface area (Å²) in [6.07, 6.45) is 8.53. The molecule has 3 N–H and O–H groups in total. The van der Waals surface area contributed by atoms with Gasteiger partial charge in [-0.3, -0.25) is 4.99 Å². The van der Waals surface area contributed by atoms with Crippen LogP contribution in [0.5, 0.6) is 0 Å². The topological polar surface area (TPSA) is 65.1 Å². The van der Waals surface area contributed by atoms with Crippen molar-refractivity contribution in [3.63, 3.8) is 0 Å². The Labute approximate surface area is 160 Å². The lowest BCUT2D eigenvalue weighted by Gasteiger charge is -2.16. The van der Waals surface area contributed by atoms with Gasteiger partial charge in [-0.05, 0) is 38.3 Å². The number of fused-ring (bicyclic) bond motifs is 1. The minimum Gasteiger partial charge on any atom is -0.357 e. The first-order valence-electron chi connectivity index (χ1n) is 8.48. The van der Waals surface area contributed by atoms with Crippen LogP contribution in [0.1, 0.15) is 32.0 Å². The Hall–Kier alpha value is -1.57. The summed E-state index contributed by atoms with van der Waals surface area (Å²) < 4.78 is 0. The van der Waals surface area contributed by atoms with Crippen molar-refractivity contribution < 1.29 is 0 Å². The summed E-state index contributed by atoms with van der Waals surface area (Å²) in [6, 6.07) is 8.64. The number of aryl methyl sites for hydroxylation is 1. The lowest BCUT2D eigenvalue weighted by atomic mass is 10.2. The fourth-order valence-corrected chi connectivity index (χ4v) is 2.81. The number of guanidine groups is 1. The molecule has 0 radical (unpaired) electrons. The highest BCUT2D eigenvalue weighted by molar-refractivity contribution is 14.0. The van der Waals surface area contributed by atoms with E-state index in [4.69, 9.17) is 0 Å². The molecule has 0 saturated heterocycles. The van der Waals surface area contributed by atoms with Crippen LogP contribution in [0.15, 0.2) is 41.4 Å². The molecular weight excluding hydrogens is 413 g/mol. The Morgan fingerprint density at radius 1 is 1.29 bits per heavy atom. The van der Waals surface area contributed by atoms with E-state index in [1.165, 1.54) is 0 Å². The number of H-pyrrole nitrogens is 1. The molecule has 1 aliphatic carbocycles. The molecule has 1 heterocycles. The minimum absolute atomic E-state index is 0. The average molecular weight is 439 g/mol. The Morgan fingerprint density at radius 3 is 2.83 bits per heavy atom. The quantitative estimate of drug-likeness (QED) is 0.213. The largest absolute Gasteiger partial charge is 0.357 e. The molecule has 0 aliphatic heterocycles. The van der Waals surface area contributed by atoms with Crippen LogP contribution >= 0.6 is 24.0 Å².